The fourth-order valence-electron chi connectivity index (χ4n) is 1.88. The maximum absolute atomic E-state index is 12.5. The van der Waals surface area contributed by atoms with Crippen LogP contribution in [0.4, 0.5) is 0 Å². The number of aromatic nitrogens is 3. The number of nitrogens with zero attached hydrogens (tertiary/aromatic N) is 3. The van der Waals surface area contributed by atoms with E-state index in [1.54, 1.807) is 10.9 Å². The van der Waals surface area contributed by atoms with Gasteiger partial charge in [-0.2, -0.15) is 5.10 Å². The number of pyridine rings is 1. The normalized spacial score (nSPS) is 10.7. The van der Waals surface area contributed by atoms with E-state index in [2.05, 4.69) is 26.0 Å². The van der Waals surface area contributed by atoms with E-state index in [0.717, 1.165) is 11.4 Å². The molecule has 0 atom stereocenters. The van der Waals surface area contributed by atoms with Gasteiger partial charge in [0.1, 0.15) is 5.69 Å². The molecule has 2 heterocycles. The Balaban J connectivity index is 2.51. The lowest BCUT2D eigenvalue weighted by molar-refractivity contribution is 0.102. The fourth-order valence-corrected chi connectivity index (χ4v) is 2.36. The smallest absolute Gasteiger partial charge is 0.214 e. The average Bonchev–Trinajstić information content (AvgIpc) is 2.69. The first-order valence-electron chi connectivity index (χ1n) is 5.74. The summed E-state index contributed by atoms with van der Waals surface area (Å²) < 4.78 is 2.40. The standard InChI is InChI=1S/C13H14BrN3O/c1-4-17-12(11(14)7-15-17)13(18)10-6-5-8(2)16-9(10)3/h5-7H,4H2,1-3H3. The van der Waals surface area contributed by atoms with E-state index in [1.165, 1.54) is 0 Å². The molecule has 2 rings (SSSR count). The second kappa shape index (κ2) is 5.02. The van der Waals surface area contributed by atoms with Crippen LogP contribution in [0.15, 0.2) is 22.8 Å². The largest absolute Gasteiger partial charge is 0.287 e. The number of ketones is 1. The number of rotatable bonds is 3. The van der Waals surface area contributed by atoms with Crippen LogP contribution in [0.5, 0.6) is 0 Å². The Morgan fingerprint density at radius 3 is 2.72 bits per heavy atom. The summed E-state index contributed by atoms with van der Waals surface area (Å²) >= 11 is 3.37. The molecule has 0 radical (unpaired) electrons. The highest BCUT2D eigenvalue weighted by Gasteiger charge is 2.20. The molecule has 5 heteroatoms. The first-order valence-corrected chi connectivity index (χ1v) is 6.54. The zero-order valence-corrected chi connectivity index (χ0v) is 12.2. The van der Waals surface area contributed by atoms with Crippen molar-refractivity contribution in [2.24, 2.45) is 0 Å². The molecule has 94 valence electrons. The molecule has 0 aliphatic rings. The van der Waals surface area contributed by atoms with Crippen molar-refractivity contribution in [3.8, 4) is 0 Å². The minimum atomic E-state index is -0.0498. The molecule has 0 amide bonds. The summed E-state index contributed by atoms with van der Waals surface area (Å²) in [5.41, 5.74) is 2.85. The van der Waals surface area contributed by atoms with Crippen LogP contribution >= 0.6 is 15.9 Å². The van der Waals surface area contributed by atoms with Crippen molar-refractivity contribution >= 4 is 21.7 Å². The number of carbonyl (C=O) groups is 1. The topological polar surface area (TPSA) is 47.8 Å². The number of aryl methyl sites for hydroxylation is 3. The second-order valence-electron chi connectivity index (χ2n) is 4.07. The molecular formula is C13H14BrN3O. The second-order valence-corrected chi connectivity index (χ2v) is 4.93. The van der Waals surface area contributed by atoms with Gasteiger partial charge < -0.3 is 0 Å². The Hall–Kier alpha value is -1.49. The van der Waals surface area contributed by atoms with Crippen molar-refractivity contribution in [2.45, 2.75) is 27.3 Å². The molecule has 0 N–H and O–H groups in total. The first-order chi connectivity index (χ1) is 8.54. The molecule has 0 unspecified atom stereocenters. The Labute approximate surface area is 114 Å². The molecule has 0 saturated carbocycles. The van der Waals surface area contributed by atoms with Gasteiger partial charge in [0.15, 0.2) is 0 Å². The number of hydrogen-bond donors (Lipinski definition) is 0. The van der Waals surface area contributed by atoms with E-state index in [4.69, 9.17) is 0 Å². The summed E-state index contributed by atoms with van der Waals surface area (Å²) in [7, 11) is 0. The predicted octanol–water partition coefficient (Wildman–Crippen LogP) is 2.91. The van der Waals surface area contributed by atoms with Gasteiger partial charge in [0.2, 0.25) is 5.78 Å². The van der Waals surface area contributed by atoms with Crippen LogP contribution in [-0.2, 0) is 6.54 Å². The lowest BCUT2D eigenvalue weighted by Crippen LogP contribution is -2.13. The summed E-state index contributed by atoms with van der Waals surface area (Å²) in [6.45, 7) is 6.37. The van der Waals surface area contributed by atoms with Gasteiger partial charge in [0, 0.05) is 23.5 Å². The van der Waals surface area contributed by atoms with Gasteiger partial charge in [-0.1, -0.05) is 0 Å². The van der Waals surface area contributed by atoms with Crippen LogP contribution in [0.3, 0.4) is 0 Å². The third-order valence-electron chi connectivity index (χ3n) is 2.78. The molecule has 0 aliphatic carbocycles. The average molecular weight is 308 g/mol. The Morgan fingerprint density at radius 2 is 2.11 bits per heavy atom. The van der Waals surface area contributed by atoms with Gasteiger partial charge in [0.25, 0.3) is 0 Å². The predicted molar refractivity (Wildman–Crippen MR) is 72.7 cm³/mol. The van der Waals surface area contributed by atoms with Crippen molar-refractivity contribution in [3.63, 3.8) is 0 Å². The summed E-state index contributed by atoms with van der Waals surface area (Å²) in [5, 5.41) is 4.16. The number of halogens is 1. The monoisotopic (exact) mass is 307 g/mol. The lowest BCUT2D eigenvalue weighted by Gasteiger charge is -2.07. The van der Waals surface area contributed by atoms with E-state index in [9.17, 15) is 4.79 Å². The number of hydrogen-bond acceptors (Lipinski definition) is 3. The van der Waals surface area contributed by atoms with Crippen LogP contribution in [0.25, 0.3) is 0 Å². The molecule has 0 fully saturated rings. The molecule has 0 aliphatic heterocycles. The molecule has 2 aromatic heterocycles. The molecule has 0 spiro atoms. The Morgan fingerprint density at radius 1 is 1.39 bits per heavy atom. The highest BCUT2D eigenvalue weighted by Crippen LogP contribution is 2.21. The Kier molecular flexibility index (Phi) is 3.61. The van der Waals surface area contributed by atoms with E-state index < -0.39 is 0 Å². The van der Waals surface area contributed by atoms with E-state index in [0.29, 0.717) is 22.3 Å². The highest BCUT2D eigenvalue weighted by molar-refractivity contribution is 9.10. The zero-order valence-electron chi connectivity index (χ0n) is 10.6. The van der Waals surface area contributed by atoms with E-state index >= 15 is 0 Å². The van der Waals surface area contributed by atoms with E-state index in [1.807, 2.05) is 32.9 Å². The fraction of sp³-hybridized carbons (Fsp3) is 0.308. The number of carbonyl (C=O) groups excluding carboxylic acids is 1. The maximum Gasteiger partial charge on any atom is 0.214 e. The van der Waals surface area contributed by atoms with Gasteiger partial charge in [-0.15, -0.1) is 0 Å². The minimum absolute atomic E-state index is 0.0498. The van der Waals surface area contributed by atoms with Crippen molar-refractivity contribution in [2.75, 3.05) is 0 Å². The van der Waals surface area contributed by atoms with Crippen LogP contribution in [-0.4, -0.2) is 20.5 Å². The van der Waals surface area contributed by atoms with Crippen LogP contribution < -0.4 is 0 Å². The van der Waals surface area contributed by atoms with E-state index in [-0.39, 0.29) is 5.78 Å². The first kappa shape index (κ1) is 13.0. The summed E-state index contributed by atoms with van der Waals surface area (Å²) in [4.78, 5) is 16.8. The maximum atomic E-state index is 12.5. The highest BCUT2D eigenvalue weighted by atomic mass is 79.9. The van der Waals surface area contributed by atoms with Gasteiger partial charge in [0.05, 0.1) is 10.7 Å². The molecule has 0 saturated heterocycles. The molecule has 4 nitrogen and oxygen atoms in total. The summed E-state index contributed by atoms with van der Waals surface area (Å²) in [5.74, 6) is -0.0498. The summed E-state index contributed by atoms with van der Waals surface area (Å²) in [6.07, 6.45) is 1.65. The van der Waals surface area contributed by atoms with Crippen molar-refractivity contribution in [1.82, 2.24) is 14.8 Å². The van der Waals surface area contributed by atoms with Gasteiger partial charge in [-0.3, -0.25) is 14.5 Å². The van der Waals surface area contributed by atoms with Gasteiger partial charge in [-0.25, -0.2) is 0 Å². The molecule has 0 bridgehead atoms. The van der Waals surface area contributed by atoms with Crippen molar-refractivity contribution in [3.05, 3.63) is 45.4 Å². The lowest BCUT2D eigenvalue weighted by atomic mass is 10.1. The molecular weight excluding hydrogens is 294 g/mol. The molecule has 2 aromatic rings. The van der Waals surface area contributed by atoms with Crippen molar-refractivity contribution < 1.29 is 4.79 Å². The van der Waals surface area contributed by atoms with Crippen LogP contribution in [0, 0.1) is 13.8 Å². The SMILES string of the molecule is CCn1ncc(Br)c1C(=O)c1ccc(C)nc1C. The molecule has 18 heavy (non-hydrogen) atoms. The van der Waals surface area contributed by atoms with Crippen LogP contribution in [0.2, 0.25) is 0 Å². The molecule has 0 aromatic carbocycles. The third kappa shape index (κ3) is 2.22. The van der Waals surface area contributed by atoms with Gasteiger partial charge in [-0.05, 0) is 48.8 Å². The van der Waals surface area contributed by atoms with Gasteiger partial charge >= 0.3 is 0 Å². The Bertz CT molecular complexity index is 604. The summed E-state index contributed by atoms with van der Waals surface area (Å²) in [6, 6.07) is 3.67. The quantitative estimate of drug-likeness (QED) is 0.819. The minimum Gasteiger partial charge on any atom is -0.287 e. The van der Waals surface area contributed by atoms with Crippen molar-refractivity contribution in [1.29, 1.82) is 0 Å². The van der Waals surface area contributed by atoms with Crippen LogP contribution in [0.1, 0.15) is 34.4 Å². The zero-order chi connectivity index (χ0) is 13.3. The third-order valence-corrected chi connectivity index (χ3v) is 3.36.